The summed E-state index contributed by atoms with van der Waals surface area (Å²) < 4.78 is 32.5. The van der Waals surface area contributed by atoms with Crippen molar-refractivity contribution in [2.24, 2.45) is 5.92 Å². The minimum absolute atomic E-state index is 0.0400. The molecule has 0 aromatic heterocycles. The predicted octanol–water partition coefficient (Wildman–Crippen LogP) is 8.54. The highest BCUT2D eigenvalue weighted by atomic mass is 31.2. The zero-order valence-corrected chi connectivity index (χ0v) is 33.4. The molecule has 0 aromatic rings. The Morgan fingerprint density at radius 3 is 2.00 bits per heavy atom. The van der Waals surface area contributed by atoms with E-state index in [0.29, 0.717) is 25.7 Å². The molecule has 11 nitrogen and oxygen atoms in total. The second kappa shape index (κ2) is 35.1. The zero-order valence-electron chi connectivity index (χ0n) is 32.5. The molecule has 0 aliphatic carbocycles. The van der Waals surface area contributed by atoms with Crippen molar-refractivity contribution < 1.29 is 52.9 Å². The Labute approximate surface area is 319 Å². The van der Waals surface area contributed by atoms with Gasteiger partial charge in [0, 0.05) is 12.8 Å². The lowest BCUT2D eigenvalue weighted by atomic mass is 10.00. The Hall–Kier alpha value is -2.63. The van der Waals surface area contributed by atoms with Crippen LogP contribution in [0.1, 0.15) is 124 Å². The first kappa shape index (κ1) is 50.4. The molecule has 5 atom stereocenters. The number of aliphatic hydroxyl groups is 3. The maximum Gasteiger partial charge on any atom is 0.472 e. The fraction of sp³-hybridized carbons (Fsp3) is 0.659. The summed E-state index contributed by atoms with van der Waals surface area (Å²) >= 11 is 0. The molecule has 12 heteroatoms. The van der Waals surface area contributed by atoms with Gasteiger partial charge < -0.3 is 29.7 Å². The summed E-state index contributed by atoms with van der Waals surface area (Å²) in [7, 11) is -4.64. The topological polar surface area (TPSA) is 169 Å². The van der Waals surface area contributed by atoms with Gasteiger partial charge in [0.15, 0.2) is 6.10 Å². The highest BCUT2D eigenvalue weighted by Crippen LogP contribution is 2.43. The van der Waals surface area contributed by atoms with Crippen molar-refractivity contribution in [2.45, 2.75) is 142 Å². The smallest absolute Gasteiger partial charge is 0.462 e. The van der Waals surface area contributed by atoms with Crippen molar-refractivity contribution in [1.82, 2.24) is 0 Å². The molecule has 0 spiro atoms. The van der Waals surface area contributed by atoms with Crippen LogP contribution in [0.5, 0.6) is 0 Å². The van der Waals surface area contributed by atoms with E-state index in [1.165, 1.54) is 25.7 Å². The lowest BCUT2D eigenvalue weighted by Gasteiger charge is -2.20. The van der Waals surface area contributed by atoms with Gasteiger partial charge in [0.1, 0.15) is 12.7 Å². The highest BCUT2D eigenvalue weighted by Gasteiger charge is 2.27. The van der Waals surface area contributed by atoms with Gasteiger partial charge in [-0.25, -0.2) is 4.57 Å². The monoisotopic (exact) mass is 768 g/mol. The second-order valence-electron chi connectivity index (χ2n) is 13.0. The molecule has 0 radical (unpaired) electrons. The van der Waals surface area contributed by atoms with Crippen LogP contribution in [0, 0.1) is 5.92 Å². The minimum Gasteiger partial charge on any atom is -0.462 e. The molecule has 0 aromatic carbocycles. The van der Waals surface area contributed by atoms with Crippen molar-refractivity contribution in [3.05, 3.63) is 72.9 Å². The van der Waals surface area contributed by atoms with Crippen molar-refractivity contribution >= 4 is 19.8 Å². The van der Waals surface area contributed by atoms with Crippen LogP contribution in [0.4, 0.5) is 0 Å². The van der Waals surface area contributed by atoms with Crippen LogP contribution < -0.4 is 0 Å². The average Bonchev–Trinajstić information content (AvgIpc) is 3.14. The fourth-order valence-corrected chi connectivity index (χ4v) is 5.40. The van der Waals surface area contributed by atoms with Crippen LogP contribution in [0.15, 0.2) is 72.9 Å². The van der Waals surface area contributed by atoms with E-state index in [0.717, 1.165) is 44.4 Å². The molecule has 0 heterocycles. The molecule has 3 unspecified atom stereocenters. The Morgan fingerprint density at radius 1 is 0.717 bits per heavy atom. The van der Waals surface area contributed by atoms with E-state index in [1.807, 2.05) is 48.6 Å². The molecule has 0 rings (SSSR count). The van der Waals surface area contributed by atoms with Crippen LogP contribution in [-0.2, 0) is 32.7 Å². The number of allylic oxidation sites excluding steroid dienone is 10. The minimum atomic E-state index is -4.64. The zero-order chi connectivity index (χ0) is 39.4. The number of rotatable bonds is 34. The molecule has 304 valence electrons. The van der Waals surface area contributed by atoms with Gasteiger partial charge in [0.2, 0.25) is 0 Å². The van der Waals surface area contributed by atoms with E-state index in [9.17, 15) is 29.3 Å². The third kappa shape index (κ3) is 34.9. The number of esters is 2. The summed E-state index contributed by atoms with van der Waals surface area (Å²) in [5.41, 5.74) is 0. The second-order valence-corrected chi connectivity index (χ2v) is 14.5. The molecule has 0 amide bonds. The van der Waals surface area contributed by atoms with Crippen molar-refractivity contribution in [3.8, 4) is 0 Å². The molecule has 0 aliphatic heterocycles. The summed E-state index contributed by atoms with van der Waals surface area (Å²) in [6.45, 7) is 4.30. The first-order chi connectivity index (χ1) is 25.5. The molecule has 0 bridgehead atoms. The normalized spacial score (nSPS) is 16.0. The molecule has 0 saturated heterocycles. The van der Waals surface area contributed by atoms with Gasteiger partial charge in [-0.1, -0.05) is 139 Å². The van der Waals surface area contributed by atoms with E-state index in [-0.39, 0.29) is 19.4 Å². The summed E-state index contributed by atoms with van der Waals surface area (Å²) in [5, 5.41) is 28.1. The lowest BCUT2D eigenvalue weighted by Crippen LogP contribution is -2.29. The predicted molar refractivity (Wildman–Crippen MR) is 211 cm³/mol. The number of aliphatic hydroxyl groups excluding tert-OH is 3. The van der Waals surface area contributed by atoms with Crippen molar-refractivity contribution in [2.75, 3.05) is 26.4 Å². The van der Waals surface area contributed by atoms with Crippen LogP contribution in [0.2, 0.25) is 0 Å². The first-order valence-electron chi connectivity index (χ1n) is 19.4. The van der Waals surface area contributed by atoms with E-state index < -0.39 is 57.9 Å². The van der Waals surface area contributed by atoms with Gasteiger partial charge in [0.25, 0.3) is 0 Å². The molecule has 53 heavy (non-hydrogen) atoms. The third-order valence-corrected chi connectivity index (χ3v) is 8.96. The number of phosphoric acid groups is 1. The molecule has 0 fully saturated rings. The Balaban J connectivity index is 4.56. The Morgan fingerprint density at radius 2 is 1.34 bits per heavy atom. The van der Waals surface area contributed by atoms with Gasteiger partial charge in [0.05, 0.1) is 25.9 Å². The van der Waals surface area contributed by atoms with Gasteiger partial charge in [-0.2, -0.15) is 0 Å². The largest absolute Gasteiger partial charge is 0.472 e. The number of hydrogen-bond acceptors (Lipinski definition) is 10. The standard InChI is InChI=1S/C41H69O11P/c1-4-6-22-28-37(43)29-24-19-14-12-10-8-7-9-11-13-15-21-26-31-41(46)52-39(35-51-53(47,48)50-33-38(44)32-42)34-49-40(45)30-25-20-17-16-18-23-27-36(3)5-2/h6,8-11,14-15,19,21-22,24,29,36-39,42-44H,4-5,7,12-13,16-18,20,23,25-28,30-35H2,1-3H3,(H,47,48)/b10-8-,11-9-,19-14+,21-15-,22-6-,29-24+/t36?,37?,38-,39+/m0/s1. The number of phosphoric ester groups is 1. The number of carbonyl (C=O) groups is 2. The summed E-state index contributed by atoms with van der Waals surface area (Å²) in [6.07, 6.45) is 33.8. The van der Waals surface area contributed by atoms with Gasteiger partial charge in [-0.15, -0.1) is 0 Å². The summed E-state index contributed by atoms with van der Waals surface area (Å²) in [4.78, 5) is 34.8. The highest BCUT2D eigenvalue weighted by molar-refractivity contribution is 7.47. The average molecular weight is 769 g/mol. The number of ether oxygens (including phenoxy) is 2. The maximum absolute atomic E-state index is 12.5. The molecular weight excluding hydrogens is 699 g/mol. The van der Waals surface area contributed by atoms with Crippen LogP contribution in [-0.4, -0.2) is 76.9 Å². The number of hydrogen-bond donors (Lipinski definition) is 4. The lowest BCUT2D eigenvalue weighted by molar-refractivity contribution is -0.161. The quantitative estimate of drug-likeness (QED) is 0.0163. The number of unbranched alkanes of at least 4 members (excludes halogenated alkanes) is 5. The van der Waals surface area contributed by atoms with E-state index in [2.05, 4.69) is 43.5 Å². The van der Waals surface area contributed by atoms with Crippen LogP contribution in [0.25, 0.3) is 0 Å². The number of carbonyl (C=O) groups excluding carboxylic acids is 2. The van der Waals surface area contributed by atoms with Gasteiger partial charge >= 0.3 is 19.8 Å². The molecule has 0 aliphatic rings. The Bertz CT molecular complexity index is 1140. The SMILES string of the molecule is CC/C=C\CC(O)/C=C/C=C/C/C=C\C/C=C\C/C=C\CCC(=O)O[C@H](COC(=O)CCCCCCCCC(C)CC)COP(=O)(O)OC[C@@H](O)CO. The van der Waals surface area contributed by atoms with Crippen LogP contribution >= 0.6 is 7.82 Å². The summed E-state index contributed by atoms with van der Waals surface area (Å²) in [6, 6.07) is 0. The van der Waals surface area contributed by atoms with Crippen LogP contribution in [0.3, 0.4) is 0 Å². The van der Waals surface area contributed by atoms with E-state index in [1.54, 1.807) is 6.08 Å². The molecule has 4 N–H and O–H groups in total. The third-order valence-electron chi connectivity index (χ3n) is 8.01. The van der Waals surface area contributed by atoms with Crippen molar-refractivity contribution in [1.29, 1.82) is 0 Å². The Kier molecular flexibility index (Phi) is 33.4. The molecular formula is C41H69O11P. The van der Waals surface area contributed by atoms with Crippen molar-refractivity contribution in [3.63, 3.8) is 0 Å². The molecule has 0 saturated carbocycles. The summed E-state index contributed by atoms with van der Waals surface area (Å²) in [5.74, 6) is -0.295. The maximum atomic E-state index is 12.5. The first-order valence-corrected chi connectivity index (χ1v) is 20.9. The fourth-order valence-electron chi connectivity index (χ4n) is 4.61. The van der Waals surface area contributed by atoms with E-state index in [4.69, 9.17) is 19.1 Å². The van der Waals surface area contributed by atoms with Gasteiger partial charge in [-0.3, -0.25) is 18.6 Å². The van der Waals surface area contributed by atoms with Gasteiger partial charge in [-0.05, 0) is 50.9 Å². The van der Waals surface area contributed by atoms with E-state index >= 15 is 0 Å².